The molecule has 1 N–H and O–H groups in total. The van der Waals surface area contributed by atoms with Crippen molar-refractivity contribution in [1.29, 1.82) is 0 Å². The maximum Gasteiger partial charge on any atom is 0.294 e. The molecule has 4 aromatic rings. The molecule has 1 unspecified atom stereocenters. The molecule has 0 saturated heterocycles. The Morgan fingerprint density at radius 1 is 1.06 bits per heavy atom. The Hall–Kier alpha value is -3.90. The molecule has 0 saturated carbocycles. The van der Waals surface area contributed by atoms with Crippen LogP contribution in [0.1, 0.15) is 33.4 Å². The average Bonchev–Trinajstić information content (AvgIpc) is 3.32. The first-order valence-electron chi connectivity index (χ1n) is 10.3. The van der Waals surface area contributed by atoms with Crippen LogP contribution in [0.3, 0.4) is 0 Å². The van der Waals surface area contributed by atoms with E-state index in [0.717, 1.165) is 11.1 Å². The lowest BCUT2D eigenvalue weighted by molar-refractivity contribution is -0.117. The molecule has 1 amide bonds. The molecular formula is C26H19ClN2O4. The minimum absolute atomic E-state index is 0.00446. The number of hydrogen-bond donors (Lipinski definition) is 1. The summed E-state index contributed by atoms with van der Waals surface area (Å²) in [6.07, 6.45) is 1.58. The molecule has 1 atom stereocenters. The van der Waals surface area contributed by atoms with Gasteiger partial charge in [-0.2, -0.15) is 0 Å². The van der Waals surface area contributed by atoms with Crippen molar-refractivity contribution in [2.75, 3.05) is 4.90 Å². The highest BCUT2D eigenvalue weighted by molar-refractivity contribution is 6.31. The normalized spacial score (nSPS) is 16.2. The van der Waals surface area contributed by atoms with E-state index in [1.807, 2.05) is 32.0 Å². The van der Waals surface area contributed by atoms with Crippen LogP contribution in [0, 0.1) is 13.8 Å². The summed E-state index contributed by atoms with van der Waals surface area (Å²) in [5.74, 6) is -1.87. The zero-order valence-corrected chi connectivity index (χ0v) is 18.6. The number of aryl methyl sites for hydroxylation is 2. The minimum atomic E-state index is -0.913. The third-order valence-corrected chi connectivity index (χ3v) is 5.84. The van der Waals surface area contributed by atoms with E-state index in [2.05, 4.69) is 4.98 Å². The number of nitrogens with zero attached hydrogens (tertiary/aromatic N) is 2. The van der Waals surface area contributed by atoms with Gasteiger partial charge in [-0.1, -0.05) is 23.7 Å². The lowest BCUT2D eigenvalue weighted by Gasteiger charge is -2.26. The van der Waals surface area contributed by atoms with E-state index in [1.54, 1.807) is 48.7 Å². The molecule has 1 aliphatic heterocycles. The molecular weight excluding hydrogens is 440 g/mol. The van der Waals surface area contributed by atoms with Gasteiger partial charge in [0.1, 0.15) is 11.6 Å². The number of ketones is 1. The molecule has 7 heteroatoms. The van der Waals surface area contributed by atoms with Crippen molar-refractivity contribution in [2.45, 2.75) is 19.9 Å². The third kappa shape index (κ3) is 3.58. The largest absolute Gasteiger partial charge is 0.503 e. The average molecular weight is 459 g/mol. The summed E-state index contributed by atoms with van der Waals surface area (Å²) in [6, 6.07) is 16.6. The second-order valence-corrected chi connectivity index (χ2v) is 8.50. The Morgan fingerprint density at radius 2 is 1.82 bits per heavy atom. The van der Waals surface area contributed by atoms with Gasteiger partial charge in [-0.05, 0) is 73.5 Å². The smallest absolute Gasteiger partial charge is 0.294 e. The Labute approximate surface area is 194 Å². The fourth-order valence-electron chi connectivity index (χ4n) is 4.27. The molecule has 0 spiro atoms. The van der Waals surface area contributed by atoms with Crippen LogP contribution in [-0.4, -0.2) is 21.8 Å². The number of Topliss-reactive ketones (excluding diaryl/α,β-unsaturated/α-hetero) is 1. The molecule has 0 radical (unpaired) electrons. The number of benzene rings is 2. The Bertz CT molecular complexity index is 1440. The van der Waals surface area contributed by atoms with Crippen LogP contribution in [0.25, 0.3) is 11.0 Å². The van der Waals surface area contributed by atoms with Gasteiger partial charge in [0.25, 0.3) is 5.91 Å². The molecule has 2 aromatic heterocycles. The number of aliphatic hydroxyl groups excluding tert-OH is 1. The van der Waals surface area contributed by atoms with Gasteiger partial charge >= 0.3 is 0 Å². The number of aliphatic hydroxyl groups is 1. The van der Waals surface area contributed by atoms with E-state index in [-0.39, 0.29) is 11.3 Å². The summed E-state index contributed by atoms with van der Waals surface area (Å²) in [5, 5.41) is 12.0. The molecule has 0 fully saturated rings. The lowest BCUT2D eigenvalue weighted by Crippen LogP contribution is -2.31. The second kappa shape index (κ2) is 7.90. The first-order chi connectivity index (χ1) is 15.8. The number of halogens is 1. The molecule has 164 valence electrons. The zero-order chi connectivity index (χ0) is 23.3. The van der Waals surface area contributed by atoms with E-state index in [0.29, 0.717) is 27.4 Å². The zero-order valence-electron chi connectivity index (χ0n) is 17.9. The molecule has 0 bridgehead atoms. The lowest BCUT2D eigenvalue weighted by atomic mass is 9.97. The van der Waals surface area contributed by atoms with E-state index in [9.17, 15) is 14.7 Å². The number of rotatable bonds is 4. The Morgan fingerprint density at radius 3 is 2.52 bits per heavy atom. The topological polar surface area (TPSA) is 83.6 Å². The van der Waals surface area contributed by atoms with Crippen LogP contribution in [0.5, 0.6) is 0 Å². The molecule has 2 aromatic carbocycles. The molecule has 33 heavy (non-hydrogen) atoms. The van der Waals surface area contributed by atoms with Gasteiger partial charge in [0.15, 0.2) is 11.5 Å². The van der Waals surface area contributed by atoms with Gasteiger partial charge < -0.3 is 9.52 Å². The maximum atomic E-state index is 13.6. The highest BCUT2D eigenvalue weighted by atomic mass is 35.5. The van der Waals surface area contributed by atoms with Gasteiger partial charge in [-0.25, -0.2) is 0 Å². The fourth-order valence-corrected chi connectivity index (χ4v) is 4.45. The van der Waals surface area contributed by atoms with Gasteiger partial charge in [-0.3, -0.25) is 19.5 Å². The van der Waals surface area contributed by atoms with Crippen LogP contribution in [0.4, 0.5) is 5.69 Å². The standard InChI is InChI=1S/C26H19ClN2O4/c1-14-9-15(2)11-18(10-14)29-23(19-5-3-4-8-28-19)22(25(31)26(29)32)24(30)21-13-16-12-17(27)6-7-20(16)33-21/h3-13,23,31H,1-2H3. The quantitative estimate of drug-likeness (QED) is 0.386. The molecule has 0 aliphatic carbocycles. The highest BCUT2D eigenvalue weighted by Crippen LogP contribution is 2.42. The molecule has 3 heterocycles. The van der Waals surface area contributed by atoms with Crippen molar-refractivity contribution in [3.63, 3.8) is 0 Å². The summed E-state index contributed by atoms with van der Waals surface area (Å²) in [5.41, 5.74) is 3.32. The number of pyridine rings is 1. The Kier molecular flexibility index (Phi) is 5.02. The number of aromatic nitrogens is 1. The van der Waals surface area contributed by atoms with Crippen molar-refractivity contribution in [3.05, 3.63) is 106 Å². The van der Waals surface area contributed by atoms with Crippen LogP contribution >= 0.6 is 11.6 Å². The van der Waals surface area contributed by atoms with Gasteiger partial charge in [-0.15, -0.1) is 0 Å². The van der Waals surface area contributed by atoms with E-state index in [4.69, 9.17) is 16.0 Å². The van der Waals surface area contributed by atoms with Gasteiger partial charge in [0.2, 0.25) is 5.78 Å². The highest BCUT2D eigenvalue weighted by Gasteiger charge is 2.46. The van der Waals surface area contributed by atoms with Crippen LogP contribution in [0.15, 0.2) is 82.6 Å². The van der Waals surface area contributed by atoms with Crippen LogP contribution in [0.2, 0.25) is 5.02 Å². The second-order valence-electron chi connectivity index (χ2n) is 8.06. The summed E-state index contributed by atoms with van der Waals surface area (Å²) >= 11 is 6.06. The summed E-state index contributed by atoms with van der Waals surface area (Å²) in [7, 11) is 0. The van der Waals surface area contributed by atoms with Crippen molar-refractivity contribution in [1.82, 2.24) is 4.98 Å². The summed E-state index contributed by atoms with van der Waals surface area (Å²) in [6.45, 7) is 3.84. The summed E-state index contributed by atoms with van der Waals surface area (Å²) in [4.78, 5) is 32.7. The van der Waals surface area contributed by atoms with Gasteiger partial charge in [0, 0.05) is 22.3 Å². The Balaban J connectivity index is 1.67. The number of anilines is 1. The van der Waals surface area contributed by atoms with Crippen molar-refractivity contribution in [3.8, 4) is 0 Å². The van der Waals surface area contributed by atoms with Crippen molar-refractivity contribution >= 4 is 39.9 Å². The number of furan rings is 1. The molecule has 6 nitrogen and oxygen atoms in total. The predicted octanol–water partition coefficient (Wildman–Crippen LogP) is 5.88. The first-order valence-corrected chi connectivity index (χ1v) is 10.7. The summed E-state index contributed by atoms with van der Waals surface area (Å²) < 4.78 is 5.74. The third-order valence-electron chi connectivity index (χ3n) is 5.61. The SMILES string of the molecule is Cc1cc(C)cc(N2C(=O)C(O)=C(C(=O)c3cc4cc(Cl)ccc4o3)C2c2ccccn2)c1. The first kappa shape index (κ1) is 21.0. The van der Waals surface area contributed by atoms with Gasteiger partial charge in [0.05, 0.1) is 11.3 Å². The van der Waals surface area contributed by atoms with Crippen molar-refractivity contribution < 1.29 is 19.1 Å². The number of amides is 1. The number of carbonyl (C=O) groups is 2. The monoisotopic (exact) mass is 458 g/mol. The van der Waals surface area contributed by atoms with Crippen LogP contribution in [-0.2, 0) is 4.79 Å². The van der Waals surface area contributed by atoms with E-state index < -0.39 is 23.5 Å². The number of hydrogen-bond acceptors (Lipinski definition) is 5. The number of carbonyl (C=O) groups excluding carboxylic acids is 2. The fraction of sp³-hybridized carbons (Fsp3) is 0.115. The predicted molar refractivity (Wildman–Crippen MR) is 126 cm³/mol. The maximum absolute atomic E-state index is 13.6. The van der Waals surface area contributed by atoms with Crippen LogP contribution < -0.4 is 4.90 Å². The minimum Gasteiger partial charge on any atom is -0.503 e. The van der Waals surface area contributed by atoms with Crippen molar-refractivity contribution in [2.24, 2.45) is 0 Å². The van der Waals surface area contributed by atoms with E-state index in [1.165, 1.54) is 4.90 Å². The van der Waals surface area contributed by atoms with E-state index >= 15 is 0 Å². The molecule has 1 aliphatic rings. The molecule has 5 rings (SSSR count). The number of fused-ring (bicyclic) bond motifs is 1.